The number of hydrogen-bond donors (Lipinski definition) is 2. The lowest BCUT2D eigenvalue weighted by atomic mass is 10.1. The Kier molecular flexibility index (Phi) is 5.27. The summed E-state index contributed by atoms with van der Waals surface area (Å²) in [6, 6.07) is 0. The third-order valence-electron chi connectivity index (χ3n) is 3.83. The van der Waals surface area contributed by atoms with E-state index in [2.05, 4.69) is 4.98 Å². The molecule has 1 fully saturated rings. The molecule has 2 heterocycles. The molecule has 0 radical (unpaired) electrons. The predicted molar refractivity (Wildman–Crippen MR) is 81.4 cm³/mol. The molecule has 1 aliphatic rings. The molecule has 4 atom stereocenters. The quantitative estimate of drug-likeness (QED) is 0.502. The molecule has 1 saturated heterocycles. The van der Waals surface area contributed by atoms with Crippen LogP contribution in [0, 0.1) is 0 Å². The molecule has 8 nitrogen and oxygen atoms in total. The van der Waals surface area contributed by atoms with Crippen molar-refractivity contribution in [3.05, 3.63) is 32.6 Å². The van der Waals surface area contributed by atoms with Crippen molar-refractivity contribution in [3.8, 4) is 0 Å². The first-order valence-corrected chi connectivity index (χ1v) is 7.50. The number of nitrogens with zero attached hydrogens (tertiary/aromatic N) is 1. The van der Waals surface area contributed by atoms with Crippen LogP contribution in [0.15, 0.2) is 15.8 Å². The third kappa shape index (κ3) is 4.37. The number of carbonyl (C=O) groups is 1. The topological polar surface area (TPSA) is 111 Å². The molecule has 1 aliphatic heterocycles. The van der Waals surface area contributed by atoms with Gasteiger partial charge in [-0.25, -0.2) is 4.79 Å². The molecule has 128 valence electrons. The molecule has 1 aromatic rings. The minimum atomic E-state index is -1.48. The summed E-state index contributed by atoms with van der Waals surface area (Å²) < 4.78 is 25.6. The van der Waals surface area contributed by atoms with Crippen molar-refractivity contribution < 1.29 is 22.1 Å². The number of carbonyl (C=O) groups excluding carboxylic acids is 1. The normalized spacial score (nSPS) is 26.6. The fourth-order valence-corrected chi connectivity index (χ4v) is 2.59. The summed E-state index contributed by atoms with van der Waals surface area (Å²) in [5.41, 5.74) is -0.711. The Morgan fingerprint density at radius 3 is 3.22 bits per heavy atom. The summed E-state index contributed by atoms with van der Waals surface area (Å²) in [5, 5.41) is 10.0. The molecule has 0 spiro atoms. The maximum Gasteiger partial charge on any atom is 0.330 e. The maximum atomic E-state index is 12.0. The van der Waals surface area contributed by atoms with Crippen LogP contribution < -0.4 is 11.2 Å². The highest BCUT2D eigenvalue weighted by atomic mass is 16.6. The summed E-state index contributed by atoms with van der Waals surface area (Å²) in [7, 11) is -1.48. The molecular formula is C15H22N2O6. The first-order chi connectivity index (χ1) is 11.9. The lowest BCUT2D eigenvalue weighted by Crippen LogP contribution is -2.34. The van der Waals surface area contributed by atoms with Crippen LogP contribution in [0.3, 0.4) is 0 Å². The first-order valence-electron chi connectivity index (χ1n) is 8.65. The SMILES string of the molecule is [2H]C([3H])OCC1OC(n2cc(CCCCC=O)c(=O)[nH]c2=O)CC1O. The Labute approximate surface area is 135 Å². The maximum absolute atomic E-state index is 12.0. The third-order valence-corrected chi connectivity index (χ3v) is 3.83. The number of unbranched alkanes of at least 4 members (excludes halogenated alkanes) is 2. The summed E-state index contributed by atoms with van der Waals surface area (Å²) in [4.78, 5) is 36.5. The summed E-state index contributed by atoms with van der Waals surface area (Å²) >= 11 is 0. The smallest absolute Gasteiger partial charge is 0.330 e. The van der Waals surface area contributed by atoms with Gasteiger partial charge in [0, 0.05) is 31.7 Å². The number of aldehydes is 1. The number of ether oxygens (including phenoxy) is 2. The number of H-pyrrole nitrogens is 1. The van der Waals surface area contributed by atoms with Crippen molar-refractivity contribution in [2.24, 2.45) is 0 Å². The second kappa shape index (κ2) is 8.19. The lowest BCUT2D eigenvalue weighted by molar-refractivity contribution is -0.107. The highest BCUT2D eigenvalue weighted by molar-refractivity contribution is 5.48. The molecular weight excluding hydrogens is 304 g/mol. The van der Waals surface area contributed by atoms with Gasteiger partial charge in [-0.15, -0.1) is 0 Å². The van der Waals surface area contributed by atoms with Crippen molar-refractivity contribution in [3.63, 3.8) is 0 Å². The van der Waals surface area contributed by atoms with Gasteiger partial charge in [-0.05, 0) is 19.3 Å². The van der Waals surface area contributed by atoms with Crippen molar-refractivity contribution in [1.29, 1.82) is 0 Å². The van der Waals surface area contributed by atoms with Gasteiger partial charge in [-0.1, -0.05) is 0 Å². The second-order valence-electron chi connectivity index (χ2n) is 5.50. The highest BCUT2D eigenvalue weighted by Gasteiger charge is 2.35. The number of rotatable bonds is 8. The second-order valence-corrected chi connectivity index (χ2v) is 5.50. The van der Waals surface area contributed by atoms with Crippen LogP contribution in [0.2, 0.25) is 0 Å². The zero-order chi connectivity index (χ0) is 18.4. The summed E-state index contributed by atoms with van der Waals surface area (Å²) in [6.45, 7) is -0.133. The molecule has 23 heavy (non-hydrogen) atoms. The summed E-state index contributed by atoms with van der Waals surface area (Å²) in [6.07, 6.45) is 2.08. The molecule has 2 N–H and O–H groups in total. The van der Waals surface area contributed by atoms with E-state index in [0.29, 0.717) is 31.2 Å². The molecule has 8 heteroatoms. The molecule has 0 saturated carbocycles. The monoisotopic (exact) mass is 329 g/mol. The van der Waals surface area contributed by atoms with E-state index < -0.39 is 36.7 Å². The fraction of sp³-hybridized carbons (Fsp3) is 0.667. The number of aromatic nitrogens is 2. The van der Waals surface area contributed by atoms with Crippen LogP contribution in [-0.4, -0.2) is 46.8 Å². The number of aliphatic hydroxyl groups is 1. The highest BCUT2D eigenvalue weighted by Crippen LogP contribution is 2.27. The van der Waals surface area contributed by atoms with Gasteiger partial charge in [0.1, 0.15) is 18.6 Å². The van der Waals surface area contributed by atoms with Gasteiger partial charge in [0.05, 0.1) is 15.5 Å². The van der Waals surface area contributed by atoms with Gasteiger partial charge in [0.25, 0.3) is 5.56 Å². The Balaban J connectivity index is 2.09. The Bertz CT molecular complexity index is 689. The van der Waals surface area contributed by atoms with Crippen LogP contribution >= 0.6 is 0 Å². The van der Waals surface area contributed by atoms with Crippen LogP contribution in [0.25, 0.3) is 0 Å². The Morgan fingerprint density at radius 1 is 1.65 bits per heavy atom. The van der Waals surface area contributed by atoms with E-state index >= 15 is 0 Å². The van der Waals surface area contributed by atoms with Gasteiger partial charge in [-0.2, -0.15) is 0 Å². The Hall–Kier alpha value is -1.77. The van der Waals surface area contributed by atoms with Gasteiger partial charge in [0.15, 0.2) is 0 Å². The van der Waals surface area contributed by atoms with E-state index in [1.807, 2.05) is 0 Å². The molecule has 1 aromatic heterocycles. The van der Waals surface area contributed by atoms with Gasteiger partial charge in [-0.3, -0.25) is 14.3 Å². The van der Waals surface area contributed by atoms with E-state index in [1.54, 1.807) is 0 Å². The van der Waals surface area contributed by atoms with Crippen molar-refractivity contribution >= 4 is 6.29 Å². The van der Waals surface area contributed by atoms with Gasteiger partial charge >= 0.3 is 5.69 Å². The zero-order valence-electron chi connectivity index (χ0n) is 14.6. The number of methoxy groups -OCH3 is 1. The molecule has 0 amide bonds. The fourth-order valence-electron chi connectivity index (χ4n) is 2.59. The van der Waals surface area contributed by atoms with E-state index in [1.165, 1.54) is 10.8 Å². The average Bonchev–Trinajstić information content (AvgIpc) is 2.92. The van der Waals surface area contributed by atoms with Gasteiger partial charge < -0.3 is 19.4 Å². The van der Waals surface area contributed by atoms with E-state index in [-0.39, 0.29) is 13.0 Å². The van der Waals surface area contributed by atoms with Gasteiger partial charge in [0.2, 0.25) is 0 Å². The number of aryl methyl sites for hydroxylation is 1. The standard InChI is InChI=1S/C15H22N2O6/c1-22-9-12-11(19)7-13(23-12)17-8-10(5-3-2-4-6-18)14(20)16-15(17)21/h6,8,11-13,19H,2-5,7,9H2,1H3,(H,16,20,21)/i1TD. The molecule has 0 aromatic carbocycles. The zero-order valence-corrected chi connectivity index (χ0v) is 12.6. The largest absolute Gasteiger partial charge is 0.390 e. The molecule has 0 bridgehead atoms. The van der Waals surface area contributed by atoms with Crippen LogP contribution in [-0.2, 0) is 20.7 Å². The lowest BCUT2D eigenvalue weighted by Gasteiger charge is -2.16. The first kappa shape index (κ1) is 14.8. The average molecular weight is 329 g/mol. The Morgan fingerprint density at radius 2 is 2.48 bits per heavy atom. The number of nitrogens with one attached hydrogen (secondary N) is 1. The molecule has 4 unspecified atom stereocenters. The van der Waals surface area contributed by atoms with E-state index in [9.17, 15) is 19.5 Å². The minimum absolute atomic E-state index is 0.130. The summed E-state index contributed by atoms with van der Waals surface area (Å²) in [5.74, 6) is 0. The van der Waals surface area contributed by atoms with Crippen molar-refractivity contribution in [2.75, 3.05) is 13.7 Å². The predicted octanol–water partition coefficient (Wildman–Crippen LogP) is -0.257. The van der Waals surface area contributed by atoms with Crippen LogP contribution in [0.4, 0.5) is 0 Å². The van der Waals surface area contributed by atoms with Crippen molar-refractivity contribution in [2.45, 2.75) is 50.5 Å². The van der Waals surface area contributed by atoms with E-state index in [0.717, 1.165) is 6.29 Å². The number of aromatic amines is 1. The van der Waals surface area contributed by atoms with Crippen molar-refractivity contribution in [1.82, 2.24) is 9.55 Å². The van der Waals surface area contributed by atoms with E-state index in [4.69, 9.17) is 12.2 Å². The van der Waals surface area contributed by atoms with Crippen LogP contribution in [0.5, 0.6) is 0 Å². The molecule has 0 aliphatic carbocycles. The van der Waals surface area contributed by atoms with Crippen LogP contribution in [0.1, 0.15) is 40.2 Å². The number of aliphatic hydroxyl groups excluding tert-OH is 1. The minimum Gasteiger partial charge on any atom is -0.390 e. The number of hydrogen-bond acceptors (Lipinski definition) is 6. The molecule has 2 rings (SSSR count).